The first kappa shape index (κ1) is 11.2. The molecule has 1 aromatic heterocycles. The first-order valence-corrected chi connectivity index (χ1v) is 4.39. The lowest BCUT2D eigenvalue weighted by Gasteiger charge is -1.95. The SMILES string of the molecule is CCOC(=O)c1cc(COC(C)=O)on1. The Hall–Kier alpha value is -1.85. The molecule has 0 unspecified atom stereocenters. The van der Waals surface area contributed by atoms with Crippen LogP contribution in [-0.4, -0.2) is 23.7 Å². The van der Waals surface area contributed by atoms with Gasteiger partial charge < -0.3 is 14.0 Å². The van der Waals surface area contributed by atoms with E-state index in [0.717, 1.165) is 0 Å². The van der Waals surface area contributed by atoms with E-state index in [0.29, 0.717) is 5.76 Å². The maximum absolute atomic E-state index is 11.1. The molecule has 0 aliphatic rings. The van der Waals surface area contributed by atoms with Crippen LogP contribution in [0.5, 0.6) is 0 Å². The van der Waals surface area contributed by atoms with Crippen molar-refractivity contribution in [1.29, 1.82) is 0 Å². The van der Waals surface area contributed by atoms with Crippen molar-refractivity contribution < 1.29 is 23.6 Å². The second kappa shape index (κ2) is 5.14. The highest BCUT2D eigenvalue weighted by molar-refractivity contribution is 5.87. The quantitative estimate of drug-likeness (QED) is 0.692. The second-order valence-corrected chi connectivity index (χ2v) is 2.68. The molecule has 0 radical (unpaired) electrons. The van der Waals surface area contributed by atoms with Crippen LogP contribution < -0.4 is 0 Å². The van der Waals surface area contributed by atoms with Crippen LogP contribution in [0.4, 0.5) is 0 Å². The fraction of sp³-hybridized carbons (Fsp3) is 0.444. The minimum Gasteiger partial charge on any atom is -0.461 e. The Labute approximate surface area is 86.1 Å². The van der Waals surface area contributed by atoms with Gasteiger partial charge in [-0.25, -0.2) is 4.79 Å². The summed E-state index contributed by atoms with van der Waals surface area (Å²) in [6.45, 7) is 3.20. The van der Waals surface area contributed by atoms with Crippen LogP contribution in [-0.2, 0) is 20.9 Å². The molecule has 0 aliphatic carbocycles. The van der Waals surface area contributed by atoms with Gasteiger partial charge in [-0.2, -0.15) is 0 Å². The summed E-state index contributed by atoms with van der Waals surface area (Å²) in [7, 11) is 0. The van der Waals surface area contributed by atoms with Gasteiger partial charge >= 0.3 is 11.9 Å². The summed E-state index contributed by atoms with van der Waals surface area (Å²) in [6, 6.07) is 1.38. The zero-order valence-corrected chi connectivity index (χ0v) is 8.48. The van der Waals surface area contributed by atoms with Gasteiger partial charge in [0.05, 0.1) is 6.61 Å². The Bertz CT molecular complexity index is 357. The number of hydrogen-bond donors (Lipinski definition) is 0. The lowest BCUT2D eigenvalue weighted by Crippen LogP contribution is -2.04. The second-order valence-electron chi connectivity index (χ2n) is 2.68. The van der Waals surface area contributed by atoms with Gasteiger partial charge in [-0.3, -0.25) is 4.79 Å². The van der Waals surface area contributed by atoms with Crippen molar-refractivity contribution in [3.8, 4) is 0 Å². The van der Waals surface area contributed by atoms with Crippen molar-refractivity contribution in [2.24, 2.45) is 0 Å². The summed E-state index contributed by atoms with van der Waals surface area (Å²) < 4.78 is 14.1. The summed E-state index contributed by atoms with van der Waals surface area (Å²) in [5, 5.41) is 3.47. The lowest BCUT2D eigenvalue weighted by molar-refractivity contribution is -0.142. The Morgan fingerprint density at radius 3 is 2.80 bits per heavy atom. The first-order valence-electron chi connectivity index (χ1n) is 4.39. The average Bonchev–Trinajstić information content (AvgIpc) is 2.63. The molecule has 0 aliphatic heterocycles. The predicted octanol–water partition coefficient (Wildman–Crippen LogP) is 0.914. The molecule has 0 fully saturated rings. The van der Waals surface area contributed by atoms with E-state index in [4.69, 9.17) is 9.26 Å². The summed E-state index contributed by atoms with van der Waals surface area (Å²) in [6.07, 6.45) is 0. The van der Waals surface area contributed by atoms with Crippen molar-refractivity contribution in [3.05, 3.63) is 17.5 Å². The van der Waals surface area contributed by atoms with Crippen LogP contribution in [0.2, 0.25) is 0 Å². The Morgan fingerprint density at radius 2 is 2.20 bits per heavy atom. The van der Waals surface area contributed by atoms with Crippen LogP contribution in [0, 0.1) is 0 Å². The number of carbonyl (C=O) groups excluding carboxylic acids is 2. The van der Waals surface area contributed by atoms with E-state index in [9.17, 15) is 9.59 Å². The molecule has 0 atom stereocenters. The number of aromatic nitrogens is 1. The van der Waals surface area contributed by atoms with E-state index < -0.39 is 11.9 Å². The van der Waals surface area contributed by atoms with Gasteiger partial charge in [0.15, 0.2) is 18.1 Å². The minimum atomic E-state index is -0.560. The molecule has 82 valence electrons. The fourth-order valence-corrected chi connectivity index (χ4v) is 0.855. The molecule has 1 aromatic rings. The third-order valence-corrected chi connectivity index (χ3v) is 1.46. The molecule has 0 spiro atoms. The highest BCUT2D eigenvalue weighted by atomic mass is 16.6. The van der Waals surface area contributed by atoms with E-state index in [1.807, 2.05) is 0 Å². The van der Waals surface area contributed by atoms with E-state index in [1.165, 1.54) is 13.0 Å². The molecule has 0 N–H and O–H groups in total. The third kappa shape index (κ3) is 3.41. The van der Waals surface area contributed by atoms with Gasteiger partial charge in [0, 0.05) is 13.0 Å². The van der Waals surface area contributed by atoms with Gasteiger partial charge in [0.2, 0.25) is 0 Å². The zero-order valence-electron chi connectivity index (χ0n) is 8.48. The van der Waals surface area contributed by atoms with Crippen LogP contribution in [0.3, 0.4) is 0 Å². The van der Waals surface area contributed by atoms with Gasteiger partial charge in [0.1, 0.15) is 0 Å². The topological polar surface area (TPSA) is 78.6 Å². The standard InChI is InChI=1S/C9H11NO5/c1-3-13-9(12)8-4-7(15-10-8)5-14-6(2)11/h4H,3,5H2,1-2H3. The molecule has 0 aromatic carbocycles. The zero-order chi connectivity index (χ0) is 11.3. The lowest BCUT2D eigenvalue weighted by atomic mass is 10.4. The highest BCUT2D eigenvalue weighted by Gasteiger charge is 2.13. The summed E-state index contributed by atoms with van der Waals surface area (Å²) >= 11 is 0. The number of rotatable bonds is 4. The van der Waals surface area contributed by atoms with Gasteiger partial charge in [0.25, 0.3) is 0 Å². The molecule has 1 heterocycles. The first-order chi connectivity index (χ1) is 7.13. The number of ether oxygens (including phenoxy) is 2. The van der Waals surface area contributed by atoms with Crippen molar-refractivity contribution in [2.45, 2.75) is 20.5 Å². The summed E-state index contributed by atoms with van der Waals surface area (Å²) in [5.41, 5.74) is 0.0685. The Kier molecular flexibility index (Phi) is 3.84. The van der Waals surface area contributed by atoms with Crippen molar-refractivity contribution in [3.63, 3.8) is 0 Å². The van der Waals surface area contributed by atoms with Crippen LogP contribution in [0.15, 0.2) is 10.6 Å². The maximum atomic E-state index is 11.1. The fourth-order valence-electron chi connectivity index (χ4n) is 0.855. The van der Waals surface area contributed by atoms with Gasteiger partial charge in [-0.05, 0) is 6.92 Å². The Morgan fingerprint density at radius 1 is 1.47 bits per heavy atom. The van der Waals surface area contributed by atoms with Gasteiger partial charge in [-0.15, -0.1) is 0 Å². The molecule has 15 heavy (non-hydrogen) atoms. The van der Waals surface area contributed by atoms with E-state index in [2.05, 4.69) is 9.89 Å². The molecular formula is C9H11NO5. The maximum Gasteiger partial charge on any atom is 0.360 e. The predicted molar refractivity (Wildman–Crippen MR) is 47.9 cm³/mol. The third-order valence-electron chi connectivity index (χ3n) is 1.46. The number of carbonyl (C=O) groups is 2. The number of esters is 2. The van der Waals surface area contributed by atoms with Gasteiger partial charge in [-0.1, -0.05) is 5.16 Å². The molecule has 1 rings (SSSR count). The molecule has 0 amide bonds. The molecule has 6 nitrogen and oxygen atoms in total. The molecule has 0 saturated heterocycles. The van der Waals surface area contributed by atoms with E-state index in [-0.39, 0.29) is 18.9 Å². The smallest absolute Gasteiger partial charge is 0.360 e. The summed E-state index contributed by atoms with van der Waals surface area (Å²) in [4.78, 5) is 21.6. The van der Waals surface area contributed by atoms with Crippen molar-refractivity contribution >= 4 is 11.9 Å². The van der Waals surface area contributed by atoms with Crippen LogP contribution in [0.25, 0.3) is 0 Å². The molecular weight excluding hydrogens is 202 g/mol. The molecule has 0 saturated carbocycles. The monoisotopic (exact) mass is 213 g/mol. The Balaban J connectivity index is 2.56. The van der Waals surface area contributed by atoms with E-state index >= 15 is 0 Å². The van der Waals surface area contributed by atoms with Crippen molar-refractivity contribution in [2.75, 3.05) is 6.61 Å². The largest absolute Gasteiger partial charge is 0.461 e. The van der Waals surface area contributed by atoms with E-state index in [1.54, 1.807) is 6.92 Å². The number of nitrogens with zero attached hydrogens (tertiary/aromatic N) is 1. The summed E-state index contributed by atoms with van der Waals surface area (Å²) in [5.74, 6) is -0.687. The molecule has 6 heteroatoms. The minimum absolute atomic E-state index is 0.0399. The van der Waals surface area contributed by atoms with Crippen LogP contribution in [0.1, 0.15) is 30.1 Å². The normalized spacial score (nSPS) is 9.73. The highest BCUT2D eigenvalue weighted by Crippen LogP contribution is 2.06. The number of hydrogen-bond acceptors (Lipinski definition) is 6. The van der Waals surface area contributed by atoms with Crippen molar-refractivity contribution in [1.82, 2.24) is 5.16 Å². The van der Waals surface area contributed by atoms with Crippen LogP contribution >= 0.6 is 0 Å². The average molecular weight is 213 g/mol. The molecule has 0 bridgehead atoms.